The number of ether oxygens (including phenoxy) is 1. The molecule has 0 heterocycles. The fraction of sp³-hybridized carbons (Fsp3) is 0.600. The van der Waals surface area contributed by atoms with Crippen LogP contribution in [0.2, 0.25) is 0 Å². The molecule has 1 atom stereocenters. The van der Waals surface area contributed by atoms with E-state index >= 15 is 0 Å². The first-order chi connectivity index (χ1) is 9.46. The second kappa shape index (κ2) is 8.27. The summed E-state index contributed by atoms with van der Waals surface area (Å²) in [5, 5.41) is 3.22. The second-order valence-corrected chi connectivity index (χ2v) is 4.68. The van der Waals surface area contributed by atoms with Crippen LogP contribution in [0.15, 0.2) is 24.3 Å². The predicted molar refractivity (Wildman–Crippen MR) is 73.7 cm³/mol. The highest BCUT2D eigenvalue weighted by atomic mass is 19.4. The minimum Gasteiger partial charge on any atom is -0.371 e. The molecule has 114 valence electrons. The van der Waals surface area contributed by atoms with E-state index in [0.717, 1.165) is 18.4 Å². The quantitative estimate of drug-likeness (QED) is 0.734. The lowest BCUT2D eigenvalue weighted by atomic mass is 10.0. The maximum absolute atomic E-state index is 11.9. The van der Waals surface area contributed by atoms with Crippen molar-refractivity contribution in [3.63, 3.8) is 0 Å². The molecular formula is C15H22F3NO. The first-order valence-corrected chi connectivity index (χ1v) is 6.93. The fourth-order valence-corrected chi connectivity index (χ4v) is 1.98. The standard InChI is InChI=1S/C15H22F3NO/c1-3-12-5-7-13(8-6-12)14(4-2)19-9-10-20-11-15(16,17)18/h5-8,14,19H,3-4,9-11H2,1-2H3. The summed E-state index contributed by atoms with van der Waals surface area (Å²) in [6.45, 7) is 3.42. The molecule has 0 aromatic heterocycles. The Morgan fingerprint density at radius 3 is 2.30 bits per heavy atom. The largest absolute Gasteiger partial charge is 0.411 e. The van der Waals surface area contributed by atoms with Crippen molar-refractivity contribution < 1.29 is 17.9 Å². The Morgan fingerprint density at radius 1 is 1.15 bits per heavy atom. The monoisotopic (exact) mass is 289 g/mol. The molecule has 0 spiro atoms. The van der Waals surface area contributed by atoms with E-state index in [9.17, 15) is 13.2 Å². The van der Waals surface area contributed by atoms with Crippen LogP contribution in [0.5, 0.6) is 0 Å². The van der Waals surface area contributed by atoms with Crippen molar-refractivity contribution in [1.82, 2.24) is 5.32 Å². The number of aryl methyl sites for hydroxylation is 1. The van der Waals surface area contributed by atoms with Crippen molar-refractivity contribution in [2.45, 2.75) is 38.9 Å². The van der Waals surface area contributed by atoms with E-state index in [1.165, 1.54) is 5.56 Å². The van der Waals surface area contributed by atoms with Crippen molar-refractivity contribution in [2.75, 3.05) is 19.8 Å². The lowest BCUT2D eigenvalue weighted by Crippen LogP contribution is -2.27. The number of nitrogens with one attached hydrogen (secondary N) is 1. The molecule has 0 amide bonds. The number of hydrogen-bond donors (Lipinski definition) is 1. The zero-order chi connectivity index (χ0) is 15.0. The van der Waals surface area contributed by atoms with Crippen LogP contribution in [-0.2, 0) is 11.2 Å². The number of benzene rings is 1. The zero-order valence-electron chi connectivity index (χ0n) is 12.0. The summed E-state index contributed by atoms with van der Waals surface area (Å²) in [5.74, 6) is 0. The van der Waals surface area contributed by atoms with E-state index < -0.39 is 12.8 Å². The Balaban J connectivity index is 2.35. The first-order valence-electron chi connectivity index (χ1n) is 6.93. The molecule has 0 aliphatic carbocycles. The average molecular weight is 289 g/mol. The summed E-state index contributed by atoms with van der Waals surface area (Å²) in [5.41, 5.74) is 2.43. The number of halogens is 3. The first kappa shape index (κ1) is 17.0. The van der Waals surface area contributed by atoms with Gasteiger partial charge in [0, 0.05) is 12.6 Å². The molecule has 0 aliphatic heterocycles. The van der Waals surface area contributed by atoms with Crippen LogP contribution in [0.1, 0.15) is 37.4 Å². The zero-order valence-corrected chi connectivity index (χ0v) is 12.0. The van der Waals surface area contributed by atoms with Gasteiger partial charge in [0.15, 0.2) is 0 Å². The molecule has 1 aromatic carbocycles. The SMILES string of the molecule is CCc1ccc(C(CC)NCCOCC(F)(F)F)cc1. The third-order valence-corrected chi connectivity index (χ3v) is 3.10. The lowest BCUT2D eigenvalue weighted by molar-refractivity contribution is -0.173. The Bertz CT molecular complexity index is 376. The molecule has 1 unspecified atom stereocenters. The highest BCUT2D eigenvalue weighted by Crippen LogP contribution is 2.17. The molecule has 0 aliphatic rings. The average Bonchev–Trinajstić information content (AvgIpc) is 2.42. The van der Waals surface area contributed by atoms with Crippen LogP contribution in [0.25, 0.3) is 0 Å². The molecular weight excluding hydrogens is 267 g/mol. The molecule has 1 aromatic rings. The molecule has 0 saturated heterocycles. The van der Waals surface area contributed by atoms with Gasteiger partial charge in [-0.3, -0.25) is 0 Å². The molecule has 1 rings (SSSR count). The summed E-state index contributed by atoms with van der Waals surface area (Å²) in [4.78, 5) is 0. The van der Waals surface area contributed by atoms with Crippen molar-refractivity contribution >= 4 is 0 Å². The summed E-state index contributed by atoms with van der Waals surface area (Å²) >= 11 is 0. The summed E-state index contributed by atoms with van der Waals surface area (Å²) < 4.78 is 40.3. The van der Waals surface area contributed by atoms with E-state index in [4.69, 9.17) is 0 Å². The highest BCUT2D eigenvalue weighted by molar-refractivity contribution is 5.24. The summed E-state index contributed by atoms with van der Waals surface area (Å²) in [6.07, 6.45) is -2.37. The highest BCUT2D eigenvalue weighted by Gasteiger charge is 2.27. The Kier molecular flexibility index (Phi) is 7.02. The van der Waals surface area contributed by atoms with Gasteiger partial charge in [-0.1, -0.05) is 38.1 Å². The lowest BCUT2D eigenvalue weighted by Gasteiger charge is -2.18. The van der Waals surface area contributed by atoms with E-state index in [1.54, 1.807) is 0 Å². The van der Waals surface area contributed by atoms with Crippen molar-refractivity contribution in [3.8, 4) is 0 Å². The maximum atomic E-state index is 11.9. The van der Waals surface area contributed by atoms with E-state index in [2.05, 4.69) is 41.2 Å². The Hall–Kier alpha value is -1.07. The van der Waals surface area contributed by atoms with Crippen LogP contribution in [0.4, 0.5) is 13.2 Å². The molecule has 0 saturated carbocycles. The van der Waals surface area contributed by atoms with Crippen LogP contribution in [-0.4, -0.2) is 25.9 Å². The minimum atomic E-state index is -4.25. The number of rotatable bonds is 8. The van der Waals surface area contributed by atoms with Crippen molar-refractivity contribution in [1.29, 1.82) is 0 Å². The second-order valence-electron chi connectivity index (χ2n) is 4.68. The minimum absolute atomic E-state index is 0.0586. The van der Waals surface area contributed by atoms with Crippen LogP contribution >= 0.6 is 0 Å². The van der Waals surface area contributed by atoms with Gasteiger partial charge in [0.1, 0.15) is 6.61 Å². The third kappa shape index (κ3) is 6.39. The van der Waals surface area contributed by atoms with E-state index in [0.29, 0.717) is 6.54 Å². The Labute approximate surface area is 118 Å². The predicted octanol–water partition coefficient (Wildman–Crippen LogP) is 3.87. The molecule has 2 nitrogen and oxygen atoms in total. The maximum Gasteiger partial charge on any atom is 0.411 e. The van der Waals surface area contributed by atoms with Crippen LogP contribution in [0, 0.1) is 0 Å². The molecule has 1 N–H and O–H groups in total. The van der Waals surface area contributed by atoms with Gasteiger partial charge in [-0.2, -0.15) is 13.2 Å². The van der Waals surface area contributed by atoms with Crippen molar-refractivity contribution in [3.05, 3.63) is 35.4 Å². The normalized spacial score (nSPS) is 13.4. The van der Waals surface area contributed by atoms with Gasteiger partial charge < -0.3 is 10.1 Å². The van der Waals surface area contributed by atoms with E-state index in [-0.39, 0.29) is 12.6 Å². The molecule has 0 fully saturated rings. The molecule has 0 bridgehead atoms. The molecule has 5 heteroatoms. The van der Waals surface area contributed by atoms with Gasteiger partial charge >= 0.3 is 6.18 Å². The smallest absolute Gasteiger partial charge is 0.371 e. The van der Waals surface area contributed by atoms with Crippen LogP contribution in [0.3, 0.4) is 0 Å². The van der Waals surface area contributed by atoms with Crippen LogP contribution < -0.4 is 5.32 Å². The van der Waals surface area contributed by atoms with E-state index in [1.807, 2.05) is 6.92 Å². The van der Waals surface area contributed by atoms with Gasteiger partial charge in [-0.05, 0) is 24.0 Å². The summed E-state index contributed by atoms with van der Waals surface area (Å²) in [6, 6.07) is 8.45. The third-order valence-electron chi connectivity index (χ3n) is 3.10. The topological polar surface area (TPSA) is 21.3 Å². The van der Waals surface area contributed by atoms with Gasteiger partial charge in [0.05, 0.1) is 6.61 Å². The number of alkyl halides is 3. The van der Waals surface area contributed by atoms with Gasteiger partial charge in [-0.15, -0.1) is 0 Å². The summed E-state index contributed by atoms with van der Waals surface area (Å²) in [7, 11) is 0. The van der Waals surface area contributed by atoms with Gasteiger partial charge in [0.25, 0.3) is 0 Å². The Morgan fingerprint density at radius 2 is 1.80 bits per heavy atom. The fourth-order valence-electron chi connectivity index (χ4n) is 1.98. The number of hydrogen-bond acceptors (Lipinski definition) is 2. The molecule has 0 radical (unpaired) electrons. The van der Waals surface area contributed by atoms with Gasteiger partial charge in [-0.25, -0.2) is 0 Å². The molecule has 20 heavy (non-hydrogen) atoms. The van der Waals surface area contributed by atoms with Crippen molar-refractivity contribution in [2.24, 2.45) is 0 Å². The van der Waals surface area contributed by atoms with Gasteiger partial charge in [0.2, 0.25) is 0 Å².